The van der Waals surface area contributed by atoms with E-state index in [0.29, 0.717) is 48.5 Å². The second kappa shape index (κ2) is 8.58. The van der Waals surface area contributed by atoms with Gasteiger partial charge in [0.25, 0.3) is 5.91 Å². The van der Waals surface area contributed by atoms with Gasteiger partial charge in [-0.1, -0.05) is 23.2 Å². The van der Waals surface area contributed by atoms with Crippen LogP contribution in [0.4, 0.5) is 0 Å². The molecule has 1 saturated heterocycles. The first-order valence-electron chi connectivity index (χ1n) is 7.96. The molecule has 1 amide bonds. The molecule has 0 spiro atoms. The highest BCUT2D eigenvalue weighted by Crippen LogP contribution is 2.28. The number of hydrogen-bond acceptors (Lipinski definition) is 5. The number of amides is 1. The fraction of sp³-hybridized carbons (Fsp3) is 0.562. The van der Waals surface area contributed by atoms with Gasteiger partial charge in [-0.05, 0) is 25.1 Å². The molecule has 1 fully saturated rings. The molecule has 9 heteroatoms. The van der Waals surface area contributed by atoms with Gasteiger partial charge in [-0.15, -0.1) is 0 Å². The van der Waals surface area contributed by atoms with Crippen LogP contribution in [0.25, 0.3) is 0 Å². The van der Waals surface area contributed by atoms with E-state index in [0.717, 1.165) is 0 Å². The van der Waals surface area contributed by atoms with Gasteiger partial charge in [0.2, 0.25) is 0 Å². The lowest BCUT2D eigenvalue weighted by Crippen LogP contribution is -2.52. The number of hydrogen-bond donors (Lipinski definition) is 0. The van der Waals surface area contributed by atoms with Gasteiger partial charge in [-0.2, -0.15) is 0 Å². The maximum atomic E-state index is 12.5. The fourth-order valence-corrected chi connectivity index (χ4v) is 3.60. The summed E-state index contributed by atoms with van der Waals surface area (Å²) in [6.45, 7) is 4.57. The Morgan fingerprint density at radius 1 is 1.24 bits per heavy atom. The van der Waals surface area contributed by atoms with Gasteiger partial charge in [-0.3, -0.25) is 9.69 Å². The van der Waals surface area contributed by atoms with Crippen LogP contribution in [0.15, 0.2) is 18.2 Å². The summed E-state index contributed by atoms with van der Waals surface area (Å²) in [5.74, 6) is 0.433. The molecule has 1 atom stereocenters. The number of carbonyl (C=O) groups is 1. The summed E-state index contributed by atoms with van der Waals surface area (Å²) in [4.78, 5) is 16.3. The van der Waals surface area contributed by atoms with E-state index in [4.69, 9.17) is 27.9 Å². The summed E-state index contributed by atoms with van der Waals surface area (Å²) in [6, 6.07) is 4.86. The molecule has 0 N–H and O–H groups in total. The van der Waals surface area contributed by atoms with E-state index >= 15 is 0 Å². The zero-order valence-corrected chi connectivity index (χ0v) is 16.6. The van der Waals surface area contributed by atoms with Crippen LogP contribution >= 0.6 is 23.2 Å². The standard InChI is InChI=1S/C16H22Cl2N2O4S/c1-12(24-15-4-3-13(17)11-14(15)18)16(21)20-7-5-19(6-8-20)9-10-25(2,22)23/h3-4,11-12H,5-10H2,1-2H3. The minimum atomic E-state index is -2.97. The Hall–Kier alpha value is -1.02. The van der Waals surface area contributed by atoms with Gasteiger partial charge in [0.15, 0.2) is 6.10 Å². The molecule has 0 bridgehead atoms. The summed E-state index contributed by atoms with van der Waals surface area (Å²) >= 11 is 11.9. The van der Waals surface area contributed by atoms with E-state index in [1.54, 1.807) is 30.0 Å². The third-order valence-electron chi connectivity index (χ3n) is 4.01. The number of sulfone groups is 1. The molecular weight excluding hydrogens is 387 g/mol. The molecule has 1 heterocycles. The summed E-state index contributed by atoms with van der Waals surface area (Å²) < 4.78 is 28.1. The Labute approximate surface area is 158 Å². The third kappa shape index (κ3) is 6.33. The second-order valence-electron chi connectivity index (χ2n) is 6.13. The number of halogens is 2. The summed E-state index contributed by atoms with van der Waals surface area (Å²) in [7, 11) is -2.97. The Kier molecular flexibility index (Phi) is 6.96. The van der Waals surface area contributed by atoms with Crippen molar-refractivity contribution in [3.05, 3.63) is 28.2 Å². The van der Waals surface area contributed by atoms with E-state index in [9.17, 15) is 13.2 Å². The highest BCUT2D eigenvalue weighted by atomic mass is 35.5. The van der Waals surface area contributed by atoms with Crippen molar-refractivity contribution in [2.24, 2.45) is 0 Å². The van der Waals surface area contributed by atoms with Crippen molar-refractivity contribution in [2.45, 2.75) is 13.0 Å². The van der Waals surface area contributed by atoms with E-state index < -0.39 is 15.9 Å². The Bertz CT molecular complexity index is 719. The van der Waals surface area contributed by atoms with Gasteiger partial charge in [0, 0.05) is 44.0 Å². The molecule has 2 rings (SSSR count). The number of carbonyl (C=O) groups excluding carboxylic acids is 1. The lowest BCUT2D eigenvalue weighted by molar-refractivity contribution is -0.139. The minimum Gasteiger partial charge on any atom is -0.479 e. The van der Waals surface area contributed by atoms with E-state index in [1.165, 1.54) is 6.26 Å². The van der Waals surface area contributed by atoms with Crippen LogP contribution in [0.1, 0.15) is 6.92 Å². The first-order valence-corrected chi connectivity index (χ1v) is 10.8. The highest BCUT2D eigenvalue weighted by molar-refractivity contribution is 7.90. The maximum absolute atomic E-state index is 12.5. The monoisotopic (exact) mass is 408 g/mol. The smallest absolute Gasteiger partial charge is 0.263 e. The molecular formula is C16H22Cl2N2O4S. The zero-order valence-electron chi connectivity index (χ0n) is 14.2. The SMILES string of the molecule is CC(Oc1ccc(Cl)cc1Cl)C(=O)N1CCN(CCS(C)(=O)=O)CC1. The first-order chi connectivity index (χ1) is 11.7. The Morgan fingerprint density at radius 2 is 1.88 bits per heavy atom. The second-order valence-corrected chi connectivity index (χ2v) is 9.24. The van der Waals surface area contributed by atoms with Crippen LogP contribution in [-0.4, -0.2) is 75.0 Å². The van der Waals surface area contributed by atoms with Gasteiger partial charge < -0.3 is 9.64 Å². The van der Waals surface area contributed by atoms with E-state index in [-0.39, 0.29) is 11.7 Å². The average Bonchev–Trinajstić information content (AvgIpc) is 2.54. The van der Waals surface area contributed by atoms with Crippen LogP contribution in [0.3, 0.4) is 0 Å². The van der Waals surface area contributed by atoms with Gasteiger partial charge in [0.1, 0.15) is 15.6 Å². The largest absolute Gasteiger partial charge is 0.479 e. The molecule has 0 radical (unpaired) electrons. The van der Waals surface area contributed by atoms with E-state index in [2.05, 4.69) is 0 Å². The summed E-state index contributed by atoms with van der Waals surface area (Å²) in [5, 5.41) is 0.860. The number of benzene rings is 1. The first kappa shape index (κ1) is 20.3. The molecule has 0 saturated carbocycles. The summed E-state index contributed by atoms with van der Waals surface area (Å²) in [6.07, 6.45) is 0.564. The molecule has 1 aliphatic rings. The zero-order chi connectivity index (χ0) is 18.6. The summed E-state index contributed by atoms with van der Waals surface area (Å²) in [5.41, 5.74) is 0. The van der Waals surface area contributed by atoms with Crippen molar-refractivity contribution in [3.63, 3.8) is 0 Å². The van der Waals surface area contributed by atoms with Crippen molar-refractivity contribution in [3.8, 4) is 5.75 Å². The predicted octanol–water partition coefficient (Wildman–Crippen LogP) is 1.95. The van der Waals surface area contributed by atoms with E-state index in [1.807, 2.05) is 4.90 Å². The fourth-order valence-electron chi connectivity index (χ4n) is 2.56. The minimum absolute atomic E-state index is 0.117. The van der Waals surface area contributed by atoms with Crippen LogP contribution < -0.4 is 4.74 Å². The molecule has 1 aromatic carbocycles. The third-order valence-corrected chi connectivity index (χ3v) is 5.46. The maximum Gasteiger partial charge on any atom is 0.263 e. The average molecular weight is 409 g/mol. The number of nitrogens with zero attached hydrogens (tertiary/aromatic N) is 2. The molecule has 1 aromatic rings. The van der Waals surface area contributed by atoms with Gasteiger partial charge in [-0.25, -0.2) is 8.42 Å². The Balaban J connectivity index is 1.85. The Morgan fingerprint density at radius 3 is 2.44 bits per heavy atom. The molecule has 0 aromatic heterocycles. The van der Waals surface area contributed by atoms with Crippen molar-refractivity contribution in [1.82, 2.24) is 9.80 Å². The molecule has 0 aliphatic carbocycles. The van der Waals surface area contributed by atoms with Crippen molar-refractivity contribution in [1.29, 1.82) is 0 Å². The van der Waals surface area contributed by atoms with Crippen molar-refractivity contribution < 1.29 is 17.9 Å². The molecule has 6 nitrogen and oxygen atoms in total. The highest BCUT2D eigenvalue weighted by Gasteiger charge is 2.26. The number of piperazine rings is 1. The topological polar surface area (TPSA) is 66.9 Å². The van der Waals surface area contributed by atoms with Crippen LogP contribution in [0.2, 0.25) is 10.0 Å². The molecule has 25 heavy (non-hydrogen) atoms. The van der Waals surface area contributed by atoms with Crippen LogP contribution in [0.5, 0.6) is 5.75 Å². The lowest BCUT2D eigenvalue weighted by Gasteiger charge is -2.35. The van der Waals surface area contributed by atoms with Crippen LogP contribution in [-0.2, 0) is 14.6 Å². The molecule has 1 unspecified atom stereocenters. The predicted molar refractivity (Wildman–Crippen MR) is 99.3 cm³/mol. The number of ether oxygens (including phenoxy) is 1. The normalized spacial score (nSPS) is 17.4. The number of rotatable bonds is 6. The van der Waals surface area contributed by atoms with Crippen LogP contribution in [0, 0.1) is 0 Å². The van der Waals surface area contributed by atoms with Crippen molar-refractivity contribution >= 4 is 38.9 Å². The lowest BCUT2D eigenvalue weighted by atomic mass is 10.2. The van der Waals surface area contributed by atoms with Gasteiger partial charge in [0.05, 0.1) is 10.8 Å². The molecule has 1 aliphatic heterocycles. The molecule has 140 valence electrons. The van der Waals surface area contributed by atoms with Gasteiger partial charge >= 0.3 is 0 Å². The van der Waals surface area contributed by atoms with Crippen molar-refractivity contribution in [2.75, 3.05) is 44.7 Å². The quantitative estimate of drug-likeness (QED) is 0.719.